The zero-order valence-corrected chi connectivity index (χ0v) is 15.2. The molecular weight excluding hydrogens is 382 g/mol. The van der Waals surface area contributed by atoms with E-state index in [1.165, 1.54) is 0 Å². The number of aryl methyl sites for hydroxylation is 1. The molecule has 2 aromatic carbocycles. The second kappa shape index (κ2) is 6.04. The first-order valence-corrected chi connectivity index (χ1v) is 8.70. The highest BCUT2D eigenvalue weighted by Gasteiger charge is 2.31. The fourth-order valence-electron chi connectivity index (χ4n) is 3.15. The van der Waals surface area contributed by atoms with Crippen LogP contribution in [0.25, 0.3) is 11.1 Å². The molecule has 2 heterocycles. The summed E-state index contributed by atoms with van der Waals surface area (Å²) in [4.78, 5) is 14.3. The van der Waals surface area contributed by atoms with Crippen LogP contribution in [0.1, 0.15) is 21.5 Å². The predicted octanol–water partition coefficient (Wildman–Crippen LogP) is 3.71. The van der Waals surface area contributed by atoms with Crippen LogP contribution in [0.15, 0.2) is 53.3 Å². The Balaban J connectivity index is 1.55. The van der Waals surface area contributed by atoms with Crippen molar-refractivity contribution in [2.45, 2.75) is 13.1 Å². The van der Waals surface area contributed by atoms with E-state index in [2.05, 4.69) is 21.0 Å². The normalized spacial score (nSPS) is 13.4. The number of aromatic hydroxyl groups is 1. The van der Waals surface area contributed by atoms with Crippen LogP contribution in [0.2, 0.25) is 0 Å². The first-order chi connectivity index (χ1) is 12.0. The zero-order valence-electron chi connectivity index (χ0n) is 13.6. The number of halogens is 1. The minimum Gasteiger partial charge on any atom is -0.507 e. The van der Waals surface area contributed by atoms with Gasteiger partial charge in [0, 0.05) is 41.9 Å². The quantitative estimate of drug-likeness (QED) is 0.732. The third-order valence-corrected chi connectivity index (χ3v) is 5.19. The van der Waals surface area contributed by atoms with Crippen LogP contribution in [-0.4, -0.2) is 25.7 Å². The number of fused-ring (bicyclic) bond motifs is 1. The number of nitrogens with zero attached hydrogens (tertiary/aromatic N) is 3. The molecular formula is C19H16BrN3O2. The maximum absolute atomic E-state index is 12.6. The molecule has 0 saturated carbocycles. The second-order valence-electron chi connectivity index (χ2n) is 6.18. The first kappa shape index (κ1) is 15.9. The van der Waals surface area contributed by atoms with Crippen molar-refractivity contribution in [3.05, 3.63) is 70.0 Å². The lowest BCUT2D eigenvalue weighted by atomic mass is 10.1. The molecule has 6 heteroatoms. The van der Waals surface area contributed by atoms with E-state index in [1.54, 1.807) is 21.7 Å². The van der Waals surface area contributed by atoms with E-state index in [1.807, 2.05) is 43.7 Å². The van der Waals surface area contributed by atoms with Crippen LogP contribution in [0, 0.1) is 0 Å². The topological polar surface area (TPSA) is 58.4 Å². The molecule has 5 nitrogen and oxygen atoms in total. The molecule has 25 heavy (non-hydrogen) atoms. The summed E-state index contributed by atoms with van der Waals surface area (Å²) in [7, 11) is 1.89. The van der Waals surface area contributed by atoms with Crippen molar-refractivity contribution in [1.82, 2.24) is 14.7 Å². The number of hydrogen-bond acceptors (Lipinski definition) is 3. The molecule has 0 aliphatic carbocycles. The van der Waals surface area contributed by atoms with Gasteiger partial charge < -0.3 is 10.0 Å². The van der Waals surface area contributed by atoms with Crippen LogP contribution < -0.4 is 0 Å². The summed E-state index contributed by atoms with van der Waals surface area (Å²) in [6, 6.07) is 11.4. The zero-order chi connectivity index (χ0) is 17.6. The largest absolute Gasteiger partial charge is 0.507 e. The Morgan fingerprint density at radius 1 is 1.16 bits per heavy atom. The van der Waals surface area contributed by atoms with E-state index in [0.717, 1.165) is 26.7 Å². The molecule has 1 aromatic heterocycles. The van der Waals surface area contributed by atoms with Crippen molar-refractivity contribution < 1.29 is 9.90 Å². The number of amides is 1. The molecule has 0 bridgehead atoms. The monoisotopic (exact) mass is 397 g/mol. The standard InChI is InChI=1S/C19H16BrN3O2/c1-22-10-14(8-21-22)13-4-2-12(3-5-13)9-23-11-15-16(20)6-7-17(24)18(15)19(23)25/h2-8,10,24H,9,11H2,1H3. The molecule has 0 spiro atoms. The van der Waals surface area contributed by atoms with E-state index in [4.69, 9.17) is 0 Å². The highest BCUT2D eigenvalue weighted by atomic mass is 79.9. The Kier molecular flexibility index (Phi) is 3.84. The van der Waals surface area contributed by atoms with Gasteiger partial charge in [0.25, 0.3) is 5.91 Å². The van der Waals surface area contributed by atoms with Gasteiger partial charge in [0.1, 0.15) is 5.75 Å². The summed E-state index contributed by atoms with van der Waals surface area (Å²) in [5, 5.41) is 14.2. The fourth-order valence-corrected chi connectivity index (χ4v) is 3.60. The van der Waals surface area contributed by atoms with Crippen LogP contribution in [0.5, 0.6) is 5.75 Å². The molecule has 0 atom stereocenters. The summed E-state index contributed by atoms with van der Waals surface area (Å²) in [5.41, 5.74) is 4.45. The van der Waals surface area contributed by atoms with Crippen LogP contribution in [-0.2, 0) is 20.1 Å². The van der Waals surface area contributed by atoms with Gasteiger partial charge in [0.15, 0.2) is 0 Å². The number of carbonyl (C=O) groups is 1. The molecule has 1 aliphatic rings. The Morgan fingerprint density at radius 2 is 1.92 bits per heavy atom. The lowest BCUT2D eigenvalue weighted by molar-refractivity contribution is 0.0764. The van der Waals surface area contributed by atoms with Crippen molar-refractivity contribution in [2.75, 3.05) is 0 Å². The Morgan fingerprint density at radius 3 is 2.56 bits per heavy atom. The molecule has 3 aromatic rings. The Bertz CT molecular complexity index is 963. The molecule has 1 N–H and O–H groups in total. The maximum atomic E-state index is 12.6. The van der Waals surface area contributed by atoms with Crippen LogP contribution >= 0.6 is 15.9 Å². The van der Waals surface area contributed by atoms with Gasteiger partial charge >= 0.3 is 0 Å². The number of carbonyl (C=O) groups excluding carboxylic acids is 1. The number of phenols is 1. The summed E-state index contributed by atoms with van der Waals surface area (Å²) in [6.07, 6.45) is 3.80. The van der Waals surface area contributed by atoms with Gasteiger partial charge in [-0.05, 0) is 23.3 Å². The van der Waals surface area contributed by atoms with E-state index >= 15 is 0 Å². The summed E-state index contributed by atoms with van der Waals surface area (Å²) in [5.74, 6) is -0.0947. The lowest BCUT2D eigenvalue weighted by Gasteiger charge is -2.16. The van der Waals surface area contributed by atoms with Gasteiger partial charge in [0.2, 0.25) is 0 Å². The minimum absolute atomic E-state index is 0.0395. The van der Waals surface area contributed by atoms with Gasteiger partial charge in [-0.25, -0.2) is 0 Å². The molecule has 1 aliphatic heterocycles. The number of hydrogen-bond donors (Lipinski definition) is 1. The summed E-state index contributed by atoms with van der Waals surface area (Å²) < 4.78 is 2.62. The number of benzene rings is 2. The van der Waals surface area contributed by atoms with E-state index < -0.39 is 0 Å². The molecule has 4 rings (SSSR count). The molecule has 0 radical (unpaired) electrons. The summed E-state index contributed by atoms with van der Waals surface area (Å²) >= 11 is 3.46. The highest BCUT2D eigenvalue weighted by Crippen LogP contribution is 2.36. The van der Waals surface area contributed by atoms with Crippen molar-refractivity contribution in [3.8, 4) is 16.9 Å². The van der Waals surface area contributed by atoms with Crippen molar-refractivity contribution >= 4 is 21.8 Å². The Labute approximate surface area is 153 Å². The SMILES string of the molecule is Cn1cc(-c2ccc(CN3Cc4c(Br)ccc(O)c4C3=O)cc2)cn1. The third-order valence-electron chi connectivity index (χ3n) is 4.45. The first-order valence-electron chi connectivity index (χ1n) is 7.90. The van der Waals surface area contributed by atoms with Crippen molar-refractivity contribution in [3.63, 3.8) is 0 Å². The van der Waals surface area contributed by atoms with E-state index in [9.17, 15) is 9.90 Å². The third kappa shape index (κ3) is 2.82. The smallest absolute Gasteiger partial charge is 0.258 e. The molecule has 126 valence electrons. The van der Waals surface area contributed by atoms with Gasteiger partial charge in [-0.1, -0.05) is 40.2 Å². The maximum Gasteiger partial charge on any atom is 0.258 e. The Hall–Kier alpha value is -2.60. The molecule has 1 amide bonds. The average Bonchev–Trinajstić information content (AvgIpc) is 3.17. The number of rotatable bonds is 3. The van der Waals surface area contributed by atoms with E-state index in [0.29, 0.717) is 18.7 Å². The average molecular weight is 398 g/mol. The van der Waals surface area contributed by atoms with Crippen LogP contribution in [0.3, 0.4) is 0 Å². The molecule has 0 saturated heterocycles. The predicted molar refractivity (Wildman–Crippen MR) is 98.0 cm³/mol. The van der Waals surface area contributed by atoms with Gasteiger partial charge in [0.05, 0.1) is 11.8 Å². The second-order valence-corrected chi connectivity index (χ2v) is 7.04. The fraction of sp³-hybridized carbons (Fsp3) is 0.158. The van der Waals surface area contributed by atoms with E-state index in [-0.39, 0.29) is 11.7 Å². The van der Waals surface area contributed by atoms with Gasteiger partial charge in [-0.2, -0.15) is 5.10 Å². The number of phenolic OH excluding ortho intramolecular Hbond substituents is 1. The van der Waals surface area contributed by atoms with Gasteiger partial charge in [-0.3, -0.25) is 9.48 Å². The van der Waals surface area contributed by atoms with Crippen molar-refractivity contribution in [2.24, 2.45) is 7.05 Å². The highest BCUT2D eigenvalue weighted by molar-refractivity contribution is 9.10. The van der Waals surface area contributed by atoms with Gasteiger partial charge in [-0.15, -0.1) is 0 Å². The van der Waals surface area contributed by atoms with Crippen LogP contribution in [0.4, 0.5) is 0 Å². The lowest BCUT2D eigenvalue weighted by Crippen LogP contribution is -2.23. The minimum atomic E-state index is -0.134. The van der Waals surface area contributed by atoms with Crippen molar-refractivity contribution in [1.29, 1.82) is 0 Å². The molecule has 0 unspecified atom stereocenters. The number of aromatic nitrogens is 2. The molecule has 0 fully saturated rings. The summed E-state index contributed by atoms with van der Waals surface area (Å²) in [6.45, 7) is 1.00.